The molecule has 0 saturated carbocycles. The Labute approximate surface area is 115 Å². The van der Waals surface area contributed by atoms with Crippen LogP contribution < -0.4 is 11.5 Å². The summed E-state index contributed by atoms with van der Waals surface area (Å²) in [6.07, 6.45) is 0. The molecule has 0 radical (unpaired) electrons. The molecule has 0 heterocycles. The normalized spacial score (nSPS) is 11.8. The molecule has 0 aromatic heterocycles. The molecule has 0 aliphatic rings. The molecule has 20 heavy (non-hydrogen) atoms. The van der Waals surface area contributed by atoms with Crippen LogP contribution in [0.2, 0.25) is 0 Å². The molecular formula is C12H12N4O3S. The molecule has 0 fully saturated rings. The highest BCUT2D eigenvalue weighted by atomic mass is 32.2. The topological polar surface area (TPSA) is 131 Å². The van der Waals surface area contributed by atoms with Crippen LogP contribution in [0.5, 0.6) is 0 Å². The minimum Gasteiger partial charge on any atom is -0.397 e. The third kappa shape index (κ3) is 2.92. The Balaban J connectivity index is 2.53. The van der Waals surface area contributed by atoms with Crippen LogP contribution in [0.1, 0.15) is 0 Å². The predicted molar refractivity (Wildman–Crippen MR) is 75.7 cm³/mol. The third-order valence-electron chi connectivity index (χ3n) is 2.50. The molecule has 8 heteroatoms. The summed E-state index contributed by atoms with van der Waals surface area (Å²) in [5.41, 5.74) is 11.3. The lowest BCUT2D eigenvalue weighted by molar-refractivity contribution is 0.484. The lowest BCUT2D eigenvalue weighted by atomic mass is 10.2. The Morgan fingerprint density at radius 1 is 0.950 bits per heavy atom. The van der Waals surface area contributed by atoms with Gasteiger partial charge in [0.1, 0.15) is 10.6 Å². The van der Waals surface area contributed by atoms with Crippen LogP contribution in [0.4, 0.5) is 22.7 Å². The number of nitrogen functional groups attached to an aromatic ring is 2. The molecule has 2 aromatic carbocycles. The number of benzene rings is 2. The van der Waals surface area contributed by atoms with Crippen LogP contribution in [0, 0.1) is 0 Å². The van der Waals surface area contributed by atoms with Gasteiger partial charge in [0.05, 0.1) is 17.1 Å². The van der Waals surface area contributed by atoms with Crippen molar-refractivity contribution in [3.8, 4) is 0 Å². The first kappa shape index (κ1) is 14.0. The van der Waals surface area contributed by atoms with Crippen LogP contribution in [0.3, 0.4) is 0 Å². The molecule has 0 atom stereocenters. The first-order chi connectivity index (χ1) is 9.39. The van der Waals surface area contributed by atoms with E-state index in [0.29, 0.717) is 5.69 Å². The summed E-state index contributed by atoms with van der Waals surface area (Å²) >= 11 is 0. The van der Waals surface area contributed by atoms with E-state index in [4.69, 9.17) is 11.5 Å². The van der Waals surface area contributed by atoms with Gasteiger partial charge in [-0.3, -0.25) is 4.55 Å². The van der Waals surface area contributed by atoms with Crippen molar-refractivity contribution in [1.29, 1.82) is 0 Å². The third-order valence-corrected chi connectivity index (χ3v) is 3.44. The van der Waals surface area contributed by atoms with E-state index in [1.54, 1.807) is 24.3 Å². The number of hydrogen-bond acceptors (Lipinski definition) is 6. The van der Waals surface area contributed by atoms with Crippen LogP contribution >= 0.6 is 0 Å². The van der Waals surface area contributed by atoms with E-state index in [9.17, 15) is 13.0 Å². The van der Waals surface area contributed by atoms with Gasteiger partial charge in [0.25, 0.3) is 10.1 Å². The highest BCUT2D eigenvalue weighted by molar-refractivity contribution is 7.86. The quantitative estimate of drug-likeness (QED) is 0.454. The van der Waals surface area contributed by atoms with Gasteiger partial charge < -0.3 is 11.5 Å². The maximum absolute atomic E-state index is 11.4. The molecular weight excluding hydrogens is 280 g/mol. The molecule has 0 unspecified atom stereocenters. The zero-order chi connectivity index (χ0) is 14.8. The number of nitrogens with two attached hydrogens (primary N) is 2. The highest BCUT2D eigenvalue weighted by Gasteiger charge is 2.21. The van der Waals surface area contributed by atoms with Crippen molar-refractivity contribution in [2.45, 2.75) is 4.90 Å². The van der Waals surface area contributed by atoms with Crippen molar-refractivity contribution in [2.24, 2.45) is 10.2 Å². The van der Waals surface area contributed by atoms with Gasteiger partial charge in [-0.1, -0.05) is 18.2 Å². The molecule has 2 aromatic rings. The van der Waals surface area contributed by atoms with Gasteiger partial charge in [-0.2, -0.15) is 13.5 Å². The molecule has 5 N–H and O–H groups in total. The monoisotopic (exact) mass is 292 g/mol. The fraction of sp³-hybridized carbons (Fsp3) is 0. The standard InChI is InChI=1S/C12H12N4O3S/c13-9-6-7-10(12(11(9)14)20(17,18)19)16-15-8-4-2-1-3-5-8/h1-7H,13-14H2,(H,17,18,19). The van der Waals surface area contributed by atoms with Crippen LogP contribution in [-0.2, 0) is 10.1 Å². The van der Waals surface area contributed by atoms with Gasteiger partial charge >= 0.3 is 0 Å². The number of nitrogens with zero attached hydrogens (tertiary/aromatic N) is 2. The van der Waals surface area contributed by atoms with Crippen molar-refractivity contribution >= 4 is 32.9 Å². The fourth-order valence-corrected chi connectivity index (χ4v) is 2.33. The smallest absolute Gasteiger partial charge is 0.298 e. The number of azo groups is 1. The van der Waals surface area contributed by atoms with E-state index >= 15 is 0 Å². The molecule has 2 rings (SSSR count). The molecule has 0 bridgehead atoms. The number of hydrogen-bond donors (Lipinski definition) is 3. The van der Waals surface area contributed by atoms with Crippen molar-refractivity contribution in [3.63, 3.8) is 0 Å². The lowest BCUT2D eigenvalue weighted by Gasteiger charge is -2.07. The molecule has 7 nitrogen and oxygen atoms in total. The van der Waals surface area contributed by atoms with Gasteiger partial charge in [0.2, 0.25) is 0 Å². The van der Waals surface area contributed by atoms with Crippen molar-refractivity contribution < 1.29 is 13.0 Å². The summed E-state index contributed by atoms with van der Waals surface area (Å²) < 4.78 is 31.9. The van der Waals surface area contributed by atoms with Gasteiger partial charge in [0.15, 0.2) is 0 Å². The predicted octanol–water partition coefficient (Wildman–Crippen LogP) is 2.51. The minimum absolute atomic E-state index is 0.0382. The van der Waals surface area contributed by atoms with E-state index in [-0.39, 0.29) is 17.1 Å². The summed E-state index contributed by atoms with van der Waals surface area (Å²) in [7, 11) is -4.55. The van der Waals surface area contributed by atoms with Gasteiger partial charge in [-0.25, -0.2) is 0 Å². The van der Waals surface area contributed by atoms with E-state index < -0.39 is 15.0 Å². The average Bonchev–Trinajstić information content (AvgIpc) is 2.40. The second-order valence-electron chi connectivity index (χ2n) is 3.93. The van der Waals surface area contributed by atoms with Crippen molar-refractivity contribution in [1.82, 2.24) is 0 Å². The Hall–Kier alpha value is -2.45. The Morgan fingerprint density at radius 3 is 2.20 bits per heavy atom. The number of rotatable bonds is 3. The summed E-state index contributed by atoms with van der Waals surface area (Å²) in [5, 5.41) is 7.67. The van der Waals surface area contributed by atoms with E-state index in [2.05, 4.69) is 10.2 Å². The van der Waals surface area contributed by atoms with E-state index in [1.807, 2.05) is 6.07 Å². The van der Waals surface area contributed by atoms with Crippen molar-refractivity contribution in [3.05, 3.63) is 42.5 Å². The molecule has 0 aliphatic heterocycles. The SMILES string of the molecule is Nc1ccc(N=Nc2ccccc2)c(S(=O)(=O)O)c1N. The van der Waals surface area contributed by atoms with Gasteiger partial charge in [0, 0.05) is 0 Å². The molecule has 0 amide bonds. The summed E-state index contributed by atoms with van der Waals surface area (Å²) in [4.78, 5) is -0.544. The molecule has 0 spiro atoms. The van der Waals surface area contributed by atoms with E-state index in [0.717, 1.165) is 0 Å². The van der Waals surface area contributed by atoms with E-state index in [1.165, 1.54) is 12.1 Å². The highest BCUT2D eigenvalue weighted by Crippen LogP contribution is 2.34. The summed E-state index contributed by atoms with van der Waals surface area (Å²) in [5.74, 6) is 0. The Bertz CT molecular complexity index is 758. The average molecular weight is 292 g/mol. The van der Waals surface area contributed by atoms with Crippen LogP contribution in [0.25, 0.3) is 0 Å². The second-order valence-corrected chi connectivity index (χ2v) is 5.29. The first-order valence-corrected chi connectivity index (χ1v) is 6.96. The summed E-state index contributed by atoms with van der Waals surface area (Å²) in [6.45, 7) is 0. The van der Waals surface area contributed by atoms with Crippen LogP contribution in [-0.4, -0.2) is 13.0 Å². The zero-order valence-corrected chi connectivity index (χ0v) is 11.1. The zero-order valence-electron chi connectivity index (χ0n) is 10.3. The Morgan fingerprint density at radius 2 is 1.60 bits per heavy atom. The molecule has 0 aliphatic carbocycles. The second kappa shape index (κ2) is 5.27. The lowest BCUT2D eigenvalue weighted by Crippen LogP contribution is -2.06. The minimum atomic E-state index is -4.55. The summed E-state index contributed by atoms with van der Waals surface area (Å²) in [6, 6.07) is 11.4. The largest absolute Gasteiger partial charge is 0.397 e. The Kier molecular flexibility index (Phi) is 3.68. The van der Waals surface area contributed by atoms with Gasteiger partial charge in [-0.05, 0) is 24.3 Å². The fourth-order valence-electron chi connectivity index (χ4n) is 1.56. The first-order valence-electron chi connectivity index (χ1n) is 5.52. The molecule has 104 valence electrons. The van der Waals surface area contributed by atoms with Gasteiger partial charge in [-0.15, -0.1) is 5.11 Å². The maximum Gasteiger partial charge on any atom is 0.298 e. The van der Waals surface area contributed by atoms with Crippen LogP contribution in [0.15, 0.2) is 57.6 Å². The van der Waals surface area contributed by atoms with Crippen molar-refractivity contribution in [2.75, 3.05) is 11.5 Å². The molecule has 0 saturated heterocycles. The maximum atomic E-state index is 11.4. The number of anilines is 2.